The molecule has 0 saturated carbocycles. The normalized spacial score (nSPS) is 21.4. The van der Waals surface area contributed by atoms with Crippen LogP contribution in [0.4, 0.5) is 10.5 Å². The molecule has 5 rings (SSSR count). The first-order valence-corrected chi connectivity index (χ1v) is 12.8. The molecule has 37 heavy (non-hydrogen) atoms. The van der Waals surface area contributed by atoms with Crippen LogP contribution in [-0.4, -0.2) is 66.2 Å². The molecule has 3 N–H and O–H groups in total. The number of aromatic nitrogens is 1. The molecular formula is C30H33N5O2. The van der Waals surface area contributed by atoms with Crippen molar-refractivity contribution in [3.8, 4) is 17.6 Å². The van der Waals surface area contributed by atoms with Crippen LogP contribution in [0.3, 0.4) is 0 Å². The standard InChI is InChI=1S/C30H33N5O2/c1-37-26-15-13-25(14-16-26)33-30(36)34-18-4-5-19-35-27(20-31)29(28(35)21-34)23-10-7-22(8-11-23)9-12-24-6-2-3-17-32-24/h2-3,6-8,10-11,13-17,27-29H,4-5,18-21,31H2,1H3,(H,33,36)/t27-,28+,29?/m1/s1. The number of methoxy groups -OCH3 is 1. The molecule has 7 heteroatoms. The Morgan fingerprint density at radius 1 is 1.05 bits per heavy atom. The summed E-state index contributed by atoms with van der Waals surface area (Å²) in [5, 5.41) is 3.05. The number of anilines is 1. The van der Waals surface area contributed by atoms with Gasteiger partial charge >= 0.3 is 6.03 Å². The summed E-state index contributed by atoms with van der Waals surface area (Å²) in [5.41, 5.74) is 9.96. The molecule has 190 valence electrons. The van der Waals surface area contributed by atoms with E-state index in [2.05, 4.69) is 51.3 Å². The number of carbonyl (C=O) groups is 1. The first-order chi connectivity index (χ1) is 18.2. The fourth-order valence-corrected chi connectivity index (χ4v) is 5.43. The van der Waals surface area contributed by atoms with E-state index >= 15 is 0 Å². The van der Waals surface area contributed by atoms with Gasteiger partial charge in [0.15, 0.2) is 0 Å². The van der Waals surface area contributed by atoms with E-state index < -0.39 is 0 Å². The third kappa shape index (κ3) is 5.61. The van der Waals surface area contributed by atoms with Crippen LogP contribution in [0.1, 0.15) is 35.6 Å². The zero-order chi connectivity index (χ0) is 25.6. The topological polar surface area (TPSA) is 83.7 Å². The first kappa shape index (κ1) is 24.8. The maximum absolute atomic E-state index is 13.2. The van der Waals surface area contributed by atoms with Gasteiger partial charge in [0.2, 0.25) is 0 Å². The SMILES string of the molecule is COc1ccc(NC(=O)N2CCCCN3[C@H](CN)C(c4ccc(C#Cc5ccccn5)cc4)[C@@H]3C2)cc1. The van der Waals surface area contributed by atoms with Gasteiger partial charge in [-0.2, -0.15) is 0 Å². The number of urea groups is 1. The summed E-state index contributed by atoms with van der Waals surface area (Å²) in [7, 11) is 1.63. The van der Waals surface area contributed by atoms with Crippen molar-refractivity contribution in [2.75, 3.05) is 38.6 Å². The summed E-state index contributed by atoms with van der Waals surface area (Å²) >= 11 is 0. The van der Waals surface area contributed by atoms with E-state index in [4.69, 9.17) is 10.5 Å². The number of hydrogen-bond acceptors (Lipinski definition) is 5. The third-order valence-electron chi connectivity index (χ3n) is 7.35. The minimum Gasteiger partial charge on any atom is -0.497 e. The number of rotatable bonds is 4. The molecule has 2 saturated heterocycles. The van der Waals surface area contributed by atoms with E-state index in [1.54, 1.807) is 13.3 Å². The molecule has 3 aromatic rings. The molecule has 1 aromatic heterocycles. The van der Waals surface area contributed by atoms with Crippen molar-refractivity contribution in [1.29, 1.82) is 0 Å². The molecule has 0 radical (unpaired) electrons. The summed E-state index contributed by atoms with van der Waals surface area (Å²) < 4.78 is 5.22. The Labute approximate surface area is 218 Å². The van der Waals surface area contributed by atoms with Crippen molar-refractivity contribution in [3.63, 3.8) is 0 Å². The van der Waals surface area contributed by atoms with Gasteiger partial charge in [-0.15, -0.1) is 0 Å². The van der Waals surface area contributed by atoms with E-state index in [1.807, 2.05) is 47.4 Å². The number of nitrogens with two attached hydrogens (primary N) is 1. The largest absolute Gasteiger partial charge is 0.497 e. The van der Waals surface area contributed by atoms with Gasteiger partial charge in [0.1, 0.15) is 11.4 Å². The molecule has 2 aliphatic heterocycles. The Bertz CT molecular complexity index is 1250. The number of nitrogens with zero attached hydrogens (tertiary/aromatic N) is 3. The number of fused-ring (bicyclic) bond motifs is 1. The van der Waals surface area contributed by atoms with Crippen molar-refractivity contribution in [3.05, 3.63) is 89.7 Å². The average Bonchev–Trinajstić information content (AvgIpc) is 2.92. The Morgan fingerprint density at radius 3 is 2.54 bits per heavy atom. The molecule has 3 heterocycles. The number of nitrogens with one attached hydrogen (secondary N) is 1. The van der Waals surface area contributed by atoms with Crippen molar-refractivity contribution in [2.45, 2.75) is 30.8 Å². The van der Waals surface area contributed by atoms with Gasteiger partial charge in [-0.25, -0.2) is 9.78 Å². The highest BCUT2D eigenvalue weighted by molar-refractivity contribution is 5.89. The van der Waals surface area contributed by atoms with Crippen molar-refractivity contribution in [2.24, 2.45) is 5.73 Å². The van der Waals surface area contributed by atoms with Crippen LogP contribution >= 0.6 is 0 Å². The van der Waals surface area contributed by atoms with E-state index in [0.717, 1.165) is 48.6 Å². The minimum atomic E-state index is -0.0675. The number of hydrogen-bond donors (Lipinski definition) is 2. The van der Waals surface area contributed by atoms with Crippen LogP contribution in [0.5, 0.6) is 5.75 Å². The molecule has 2 aromatic carbocycles. The van der Waals surface area contributed by atoms with Crippen LogP contribution in [0, 0.1) is 11.8 Å². The van der Waals surface area contributed by atoms with Gasteiger partial charge in [0.25, 0.3) is 0 Å². The Hall–Kier alpha value is -3.86. The minimum absolute atomic E-state index is 0.0675. The molecule has 1 unspecified atom stereocenters. The number of amides is 2. The summed E-state index contributed by atoms with van der Waals surface area (Å²) in [4.78, 5) is 21.9. The molecule has 2 amide bonds. The van der Waals surface area contributed by atoms with E-state index in [-0.39, 0.29) is 24.0 Å². The molecule has 0 spiro atoms. The number of benzene rings is 2. The molecule has 0 aliphatic carbocycles. The molecular weight excluding hydrogens is 462 g/mol. The van der Waals surface area contributed by atoms with Gasteiger partial charge in [0.05, 0.1) is 7.11 Å². The van der Waals surface area contributed by atoms with Gasteiger partial charge in [-0.1, -0.05) is 24.1 Å². The predicted octanol–water partition coefficient (Wildman–Crippen LogP) is 3.91. The number of pyridine rings is 1. The Balaban J connectivity index is 1.30. The van der Waals surface area contributed by atoms with Crippen molar-refractivity contribution < 1.29 is 9.53 Å². The van der Waals surface area contributed by atoms with Crippen molar-refractivity contribution in [1.82, 2.24) is 14.8 Å². The quantitative estimate of drug-likeness (QED) is 0.536. The molecule has 3 atom stereocenters. The van der Waals surface area contributed by atoms with E-state index in [1.165, 1.54) is 5.56 Å². The second kappa shape index (κ2) is 11.5. The summed E-state index contributed by atoms with van der Waals surface area (Å²) in [6, 6.07) is 22.1. The number of ether oxygens (including phenoxy) is 1. The maximum atomic E-state index is 13.2. The number of carbonyl (C=O) groups excluding carboxylic acids is 1. The fraction of sp³-hybridized carbons (Fsp3) is 0.333. The van der Waals surface area contributed by atoms with Gasteiger partial charge in [-0.3, -0.25) is 4.90 Å². The third-order valence-corrected chi connectivity index (χ3v) is 7.35. The lowest BCUT2D eigenvalue weighted by molar-refractivity contribution is -0.0305. The van der Waals surface area contributed by atoms with Crippen LogP contribution in [-0.2, 0) is 0 Å². The highest BCUT2D eigenvalue weighted by Gasteiger charge is 2.49. The van der Waals surface area contributed by atoms with Gasteiger partial charge < -0.3 is 20.7 Å². The van der Waals surface area contributed by atoms with Crippen LogP contribution < -0.4 is 15.8 Å². The zero-order valence-corrected chi connectivity index (χ0v) is 21.1. The predicted molar refractivity (Wildman–Crippen MR) is 146 cm³/mol. The van der Waals surface area contributed by atoms with Crippen LogP contribution in [0.25, 0.3) is 0 Å². The molecule has 7 nitrogen and oxygen atoms in total. The lowest BCUT2D eigenvalue weighted by Crippen LogP contribution is -2.68. The summed E-state index contributed by atoms with van der Waals surface area (Å²) in [5.74, 6) is 7.35. The van der Waals surface area contributed by atoms with Crippen molar-refractivity contribution >= 4 is 11.7 Å². The fourth-order valence-electron chi connectivity index (χ4n) is 5.43. The van der Waals surface area contributed by atoms with E-state index in [0.29, 0.717) is 13.1 Å². The van der Waals surface area contributed by atoms with Crippen LogP contribution in [0.15, 0.2) is 72.9 Å². The molecule has 0 bridgehead atoms. The summed E-state index contributed by atoms with van der Waals surface area (Å²) in [6.45, 7) is 3.03. The Kier molecular flexibility index (Phi) is 7.69. The molecule has 2 fully saturated rings. The highest BCUT2D eigenvalue weighted by atomic mass is 16.5. The maximum Gasteiger partial charge on any atom is 0.321 e. The van der Waals surface area contributed by atoms with E-state index in [9.17, 15) is 4.79 Å². The van der Waals surface area contributed by atoms with Gasteiger partial charge in [0, 0.05) is 55.1 Å². The second-order valence-corrected chi connectivity index (χ2v) is 9.53. The average molecular weight is 496 g/mol. The highest BCUT2D eigenvalue weighted by Crippen LogP contribution is 2.41. The summed E-state index contributed by atoms with van der Waals surface area (Å²) in [6.07, 6.45) is 3.77. The Morgan fingerprint density at radius 2 is 1.84 bits per heavy atom. The zero-order valence-electron chi connectivity index (χ0n) is 21.1. The first-order valence-electron chi connectivity index (χ1n) is 12.8. The van der Waals surface area contributed by atoms with Crippen LogP contribution in [0.2, 0.25) is 0 Å². The second-order valence-electron chi connectivity index (χ2n) is 9.53. The molecule has 2 aliphatic rings. The lowest BCUT2D eigenvalue weighted by atomic mass is 9.74. The van der Waals surface area contributed by atoms with Gasteiger partial charge in [-0.05, 0) is 79.4 Å². The monoisotopic (exact) mass is 495 g/mol. The smallest absolute Gasteiger partial charge is 0.321 e. The lowest BCUT2D eigenvalue weighted by Gasteiger charge is -2.57.